The van der Waals surface area contributed by atoms with E-state index in [0.29, 0.717) is 31.2 Å². The van der Waals surface area contributed by atoms with E-state index >= 15 is 0 Å². The van der Waals surface area contributed by atoms with E-state index in [9.17, 15) is 0 Å². The van der Waals surface area contributed by atoms with Gasteiger partial charge in [0, 0.05) is 6.42 Å². The fourth-order valence-corrected chi connectivity index (χ4v) is 1.09. The summed E-state index contributed by atoms with van der Waals surface area (Å²) in [5.74, 6) is 0.857. The van der Waals surface area contributed by atoms with Gasteiger partial charge in [0.25, 0.3) is 0 Å². The summed E-state index contributed by atoms with van der Waals surface area (Å²) in [5.41, 5.74) is 5.32. The predicted molar refractivity (Wildman–Crippen MR) is 64.2 cm³/mol. The van der Waals surface area contributed by atoms with Crippen molar-refractivity contribution in [2.45, 2.75) is 6.42 Å². The van der Waals surface area contributed by atoms with Gasteiger partial charge in [-0.2, -0.15) is 0 Å². The molecule has 0 heterocycles. The summed E-state index contributed by atoms with van der Waals surface area (Å²) >= 11 is 4.72. The summed E-state index contributed by atoms with van der Waals surface area (Å²) in [5, 5.41) is 0. The third kappa shape index (κ3) is 6.04. The second kappa shape index (κ2) is 7.20. The lowest BCUT2D eigenvalue weighted by molar-refractivity contribution is 0.105. The van der Waals surface area contributed by atoms with Crippen molar-refractivity contribution in [3.63, 3.8) is 0 Å². The molecule has 0 unspecified atom stereocenters. The van der Waals surface area contributed by atoms with Crippen LogP contribution in [0.1, 0.15) is 6.42 Å². The fourth-order valence-electron chi connectivity index (χ4n) is 1.01. The Morgan fingerprint density at radius 2 is 1.87 bits per heavy atom. The molecule has 0 saturated heterocycles. The molecule has 0 aliphatic rings. The number of para-hydroxylation sites is 1. The van der Waals surface area contributed by atoms with Crippen molar-refractivity contribution in [3.05, 3.63) is 30.3 Å². The Bertz CT molecular complexity index is 290. The SMILES string of the molecule is NC(=S)CCOCCOc1ccccc1. The lowest BCUT2D eigenvalue weighted by Gasteiger charge is -2.06. The van der Waals surface area contributed by atoms with Crippen molar-refractivity contribution < 1.29 is 9.47 Å². The van der Waals surface area contributed by atoms with E-state index in [1.807, 2.05) is 30.3 Å². The Balaban J connectivity index is 2.00. The summed E-state index contributed by atoms with van der Waals surface area (Å²) < 4.78 is 10.7. The molecule has 0 bridgehead atoms. The fraction of sp³-hybridized carbons (Fsp3) is 0.364. The van der Waals surface area contributed by atoms with Gasteiger partial charge in [0.15, 0.2) is 0 Å². The van der Waals surface area contributed by atoms with E-state index in [1.54, 1.807) is 0 Å². The summed E-state index contributed by atoms with van der Waals surface area (Å²) in [6.07, 6.45) is 0.626. The number of rotatable bonds is 7. The van der Waals surface area contributed by atoms with Crippen LogP contribution in [0.15, 0.2) is 30.3 Å². The first-order chi connectivity index (χ1) is 7.29. The minimum atomic E-state index is 0.485. The molecule has 15 heavy (non-hydrogen) atoms. The molecule has 0 fully saturated rings. The molecular weight excluding hydrogens is 210 g/mol. The molecule has 0 amide bonds. The summed E-state index contributed by atoms with van der Waals surface area (Å²) in [7, 11) is 0. The highest BCUT2D eigenvalue weighted by Gasteiger charge is 1.93. The molecule has 0 spiro atoms. The molecule has 0 aliphatic heterocycles. The van der Waals surface area contributed by atoms with Crippen LogP contribution in [0.4, 0.5) is 0 Å². The molecule has 1 aromatic rings. The van der Waals surface area contributed by atoms with Gasteiger partial charge in [-0.15, -0.1) is 0 Å². The van der Waals surface area contributed by atoms with E-state index in [1.165, 1.54) is 0 Å². The quantitative estimate of drug-likeness (QED) is 0.567. The van der Waals surface area contributed by atoms with Gasteiger partial charge in [-0.05, 0) is 12.1 Å². The van der Waals surface area contributed by atoms with E-state index < -0.39 is 0 Å². The second-order valence-electron chi connectivity index (χ2n) is 2.99. The molecule has 0 aromatic heterocycles. The number of hydrogen-bond acceptors (Lipinski definition) is 3. The normalized spacial score (nSPS) is 9.87. The Morgan fingerprint density at radius 3 is 2.53 bits per heavy atom. The minimum absolute atomic E-state index is 0.485. The van der Waals surface area contributed by atoms with E-state index in [0.717, 1.165) is 5.75 Å². The standard InChI is InChI=1S/C11H15NO2S/c12-11(15)6-7-13-8-9-14-10-4-2-1-3-5-10/h1-5H,6-9H2,(H2,12,15). The first-order valence-corrected chi connectivity index (χ1v) is 5.24. The predicted octanol–water partition coefficient (Wildman–Crippen LogP) is 1.76. The van der Waals surface area contributed by atoms with Gasteiger partial charge < -0.3 is 15.2 Å². The molecule has 3 nitrogen and oxygen atoms in total. The molecule has 4 heteroatoms. The number of benzene rings is 1. The maximum absolute atomic E-state index is 5.42. The molecule has 2 N–H and O–H groups in total. The molecule has 0 saturated carbocycles. The number of thiocarbonyl (C=S) groups is 1. The van der Waals surface area contributed by atoms with Crippen LogP contribution in [-0.2, 0) is 4.74 Å². The van der Waals surface area contributed by atoms with Crippen molar-refractivity contribution in [2.75, 3.05) is 19.8 Å². The minimum Gasteiger partial charge on any atom is -0.491 e. The average Bonchev–Trinajstić information content (AvgIpc) is 2.24. The van der Waals surface area contributed by atoms with Gasteiger partial charge >= 0.3 is 0 Å². The third-order valence-corrected chi connectivity index (χ3v) is 1.94. The number of ether oxygens (including phenoxy) is 2. The lowest BCUT2D eigenvalue weighted by Crippen LogP contribution is -2.13. The van der Waals surface area contributed by atoms with Crippen molar-refractivity contribution in [1.82, 2.24) is 0 Å². The van der Waals surface area contributed by atoms with Crippen LogP contribution in [0.5, 0.6) is 5.75 Å². The Hall–Kier alpha value is -1.13. The Labute approximate surface area is 95.2 Å². The Kier molecular flexibility index (Phi) is 5.73. The first-order valence-electron chi connectivity index (χ1n) is 4.83. The molecule has 1 rings (SSSR count). The molecule has 1 aromatic carbocycles. The summed E-state index contributed by atoms with van der Waals surface area (Å²) in [6, 6.07) is 9.64. The van der Waals surface area contributed by atoms with E-state index in [2.05, 4.69) is 0 Å². The molecule has 82 valence electrons. The van der Waals surface area contributed by atoms with Crippen molar-refractivity contribution >= 4 is 17.2 Å². The average molecular weight is 225 g/mol. The highest BCUT2D eigenvalue weighted by molar-refractivity contribution is 7.80. The maximum atomic E-state index is 5.42. The van der Waals surface area contributed by atoms with Gasteiger partial charge in [0.05, 0.1) is 18.2 Å². The van der Waals surface area contributed by atoms with Crippen LogP contribution in [-0.4, -0.2) is 24.8 Å². The molecule has 0 atom stereocenters. The maximum Gasteiger partial charge on any atom is 0.119 e. The van der Waals surface area contributed by atoms with Crippen LogP contribution < -0.4 is 10.5 Å². The van der Waals surface area contributed by atoms with Crippen molar-refractivity contribution in [2.24, 2.45) is 5.73 Å². The van der Waals surface area contributed by atoms with Gasteiger partial charge in [0.2, 0.25) is 0 Å². The van der Waals surface area contributed by atoms with Crippen LogP contribution >= 0.6 is 12.2 Å². The summed E-state index contributed by atoms with van der Waals surface area (Å²) in [6.45, 7) is 1.66. The topological polar surface area (TPSA) is 44.5 Å². The molecule has 0 radical (unpaired) electrons. The highest BCUT2D eigenvalue weighted by Crippen LogP contribution is 2.07. The van der Waals surface area contributed by atoms with E-state index in [-0.39, 0.29) is 0 Å². The number of nitrogens with two attached hydrogens (primary N) is 1. The third-order valence-electron chi connectivity index (χ3n) is 1.73. The lowest BCUT2D eigenvalue weighted by atomic mass is 10.3. The second-order valence-corrected chi connectivity index (χ2v) is 3.51. The molecular formula is C11H15NO2S. The van der Waals surface area contributed by atoms with Crippen molar-refractivity contribution in [1.29, 1.82) is 0 Å². The van der Waals surface area contributed by atoms with Crippen LogP contribution in [0.25, 0.3) is 0 Å². The highest BCUT2D eigenvalue weighted by atomic mass is 32.1. The zero-order valence-electron chi connectivity index (χ0n) is 8.52. The van der Waals surface area contributed by atoms with Crippen molar-refractivity contribution in [3.8, 4) is 5.75 Å². The summed E-state index contributed by atoms with van der Waals surface area (Å²) in [4.78, 5) is 0.485. The largest absolute Gasteiger partial charge is 0.491 e. The molecule has 0 aliphatic carbocycles. The van der Waals surface area contributed by atoms with Crippen LogP contribution in [0, 0.1) is 0 Å². The van der Waals surface area contributed by atoms with Gasteiger partial charge in [0.1, 0.15) is 12.4 Å². The van der Waals surface area contributed by atoms with Crippen LogP contribution in [0.2, 0.25) is 0 Å². The smallest absolute Gasteiger partial charge is 0.119 e. The zero-order chi connectivity index (χ0) is 10.9. The van der Waals surface area contributed by atoms with Gasteiger partial charge in [-0.1, -0.05) is 30.4 Å². The van der Waals surface area contributed by atoms with Gasteiger partial charge in [-0.3, -0.25) is 0 Å². The van der Waals surface area contributed by atoms with E-state index in [4.69, 9.17) is 27.4 Å². The monoisotopic (exact) mass is 225 g/mol. The number of hydrogen-bond donors (Lipinski definition) is 1. The van der Waals surface area contributed by atoms with Gasteiger partial charge in [-0.25, -0.2) is 0 Å². The zero-order valence-corrected chi connectivity index (χ0v) is 9.33. The Morgan fingerprint density at radius 1 is 1.13 bits per heavy atom. The van der Waals surface area contributed by atoms with Crippen LogP contribution in [0.3, 0.4) is 0 Å². The first kappa shape index (κ1) is 11.9.